The molecular formula is C19H21FN4O2S2. The van der Waals surface area contributed by atoms with Gasteiger partial charge in [0.2, 0.25) is 10.0 Å². The molecule has 0 aliphatic carbocycles. The van der Waals surface area contributed by atoms with Crippen molar-refractivity contribution in [3.63, 3.8) is 0 Å². The van der Waals surface area contributed by atoms with Gasteiger partial charge in [-0.3, -0.25) is 4.98 Å². The Hall–Kier alpha value is -2.36. The molecule has 0 radical (unpaired) electrons. The van der Waals surface area contributed by atoms with Crippen molar-refractivity contribution in [3.05, 3.63) is 60.0 Å². The molecule has 0 amide bonds. The number of nitrogens with zero attached hydrogens (tertiary/aromatic N) is 2. The fourth-order valence-electron chi connectivity index (χ4n) is 2.69. The Morgan fingerprint density at radius 1 is 1.21 bits per heavy atom. The van der Waals surface area contributed by atoms with Crippen LogP contribution in [0.3, 0.4) is 0 Å². The molecule has 28 heavy (non-hydrogen) atoms. The zero-order chi connectivity index (χ0) is 20.0. The standard InChI is InChI=1S/C19H21FN4O2S2/c1-2-4-16(24-28(25,26)17-6-3-5-15(20)11-17)12-22-19-23-18(13-27-19)14-7-9-21-10-8-14/h3,5-11,13,16,24H,2,4,12H2,1H3,(H,22,23). The van der Waals surface area contributed by atoms with Crippen LogP contribution in [0.2, 0.25) is 0 Å². The van der Waals surface area contributed by atoms with E-state index in [0.717, 1.165) is 23.7 Å². The molecule has 0 saturated heterocycles. The van der Waals surface area contributed by atoms with Gasteiger partial charge in [-0.2, -0.15) is 0 Å². The highest BCUT2D eigenvalue weighted by Crippen LogP contribution is 2.24. The number of anilines is 1. The van der Waals surface area contributed by atoms with Crippen LogP contribution in [-0.2, 0) is 10.0 Å². The van der Waals surface area contributed by atoms with E-state index in [1.54, 1.807) is 12.4 Å². The van der Waals surface area contributed by atoms with Crippen molar-refractivity contribution in [1.82, 2.24) is 14.7 Å². The summed E-state index contributed by atoms with van der Waals surface area (Å²) in [6.07, 6.45) is 4.86. The Morgan fingerprint density at radius 3 is 2.71 bits per heavy atom. The Bertz CT molecular complexity index is 1010. The van der Waals surface area contributed by atoms with Crippen molar-refractivity contribution in [3.8, 4) is 11.3 Å². The largest absolute Gasteiger partial charge is 0.360 e. The van der Waals surface area contributed by atoms with E-state index >= 15 is 0 Å². The lowest BCUT2D eigenvalue weighted by Gasteiger charge is -2.18. The number of hydrogen-bond acceptors (Lipinski definition) is 6. The van der Waals surface area contributed by atoms with E-state index in [2.05, 4.69) is 20.0 Å². The summed E-state index contributed by atoms with van der Waals surface area (Å²) >= 11 is 1.45. The van der Waals surface area contributed by atoms with Crippen LogP contribution in [0.25, 0.3) is 11.3 Å². The van der Waals surface area contributed by atoms with E-state index in [1.807, 2.05) is 24.4 Å². The summed E-state index contributed by atoms with van der Waals surface area (Å²) in [5, 5.41) is 5.84. The molecule has 0 aliphatic heterocycles. The third-order valence-electron chi connectivity index (χ3n) is 4.05. The van der Waals surface area contributed by atoms with E-state index in [-0.39, 0.29) is 10.9 Å². The fraction of sp³-hybridized carbons (Fsp3) is 0.263. The summed E-state index contributed by atoms with van der Waals surface area (Å²) in [5.74, 6) is -0.584. The maximum absolute atomic E-state index is 13.4. The average Bonchev–Trinajstić information content (AvgIpc) is 3.16. The van der Waals surface area contributed by atoms with Crippen LogP contribution in [0.15, 0.2) is 59.1 Å². The minimum absolute atomic E-state index is 0.0807. The van der Waals surface area contributed by atoms with E-state index in [1.165, 1.54) is 29.5 Å². The predicted octanol–water partition coefficient (Wildman–Crippen LogP) is 3.90. The minimum atomic E-state index is -3.80. The third-order valence-corrected chi connectivity index (χ3v) is 6.36. The number of benzene rings is 1. The number of halogens is 1. The quantitative estimate of drug-likeness (QED) is 0.548. The first-order valence-electron chi connectivity index (χ1n) is 8.85. The van der Waals surface area contributed by atoms with Crippen LogP contribution in [-0.4, -0.2) is 31.0 Å². The highest BCUT2D eigenvalue weighted by atomic mass is 32.2. The molecule has 3 rings (SSSR count). The van der Waals surface area contributed by atoms with E-state index in [4.69, 9.17) is 0 Å². The van der Waals surface area contributed by atoms with Gasteiger partial charge in [0.1, 0.15) is 5.82 Å². The van der Waals surface area contributed by atoms with Crippen molar-refractivity contribution in [2.24, 2.45) is 0 Å². The summed E-state index contributed by atoms with van der Waals surface area (Å²) < 4.78 is 41.1. The van der Waals surface area contributed by atoms with E-state index < -0.39 is 15.8 Å². The molecule has 6 nitrogen and oxygen atoms in total. The van der Waals surface area contributed by atoms with Crippen LogP contribution in [0, 0.1) is 5.82 Å². The normalized spacial score (nSPS) is 12.6. The lowest BCUT2D eigenvalue weighted by Crippen LogP contribution is -2.39. The topological polar surface area (TPSA) is 84.0 Å². The van der Waals surface area contributed by atoms with Crippen LogP contribution in [0.4, 0.5) is 9.52 Å². The molecule has 0 fully saturated rings. The molecule has 0 spiro atoms. The van der Waals surface area contributed by atoms with Gasteiger partial charge in [0.15, 0.2) is 5.13 Å². The zero-order valence-electron chi connectivity index (χ0n) is 15.3. The number of pyridine rings is 1. The average molecular weight is 421 g/mol. The third kappa shape index (κ3) is 5.34. The molecule has 0 bridgehead atoms. The predicted molar refractivity (Wildman–Crippen MR) is 109 cm³/mol. The van der Waals surface area contributed by atoms with Gasteiger partial charge in [-0.05, 0) is 36.8 Å². The number of rotatable bonds is 9. The van der Waals surface area contributed by atoms with Crippen molar-refractivity contribution >= 4 is 26.5 Å². The number of nitrogens with one attached hydrogen (secondary N) is 2. The first kappa shape index (κ1) is 20.4. The molecule has 2 heterocycles. The number of hydrogen-bond donors (Lipinski definition) is 2. The van der Waals surface area contributed by atoms with Crippen LogP contribution in [0.1, 0.15) is 19.8 Å². The van der Waals surface area contributed by atoms with Crippen molar-refractivity contribution in [2.75, 3.05) is 11.9 Å². The van der Waals surface area contributed by atoms with Crippen molar-refractivity contribution < 1.29 is 12.8 Å². The zero-order valence-corrected chi connectivity index (χ0v) is 16.9. The van der Waals surface area contributed by atoms with E-state index in [9.17, 15) is 12.8 Å². The van der Waals surface area contributed by atoms with Gasteiger partial charge in [-0.25, -0.2) is 22.5 Å². The second-order valence-electron chi connectivity index (χ2n) is 6.22. The van der Waals surface area contributed by atoms with Crippen LogP contribution in [0.5, 0.6) is 0 Å². The maximum Gasteiger partial charge on any atom is 0.240 e. The molecule has 148 valence electrons. The summed E-state index contributed by atoms with van der Waals surface area (Å²) in [6.45, 7) is 2.36. The lowest BCUT2D eigenvalue weighted by molar-refractivity contribution is 0.532. The summed E-state index contributed by atoms with van der Waals surface area (Å²) in [6, 6.07) is 8.41. The van der Waals surface area contributed by atoms with Gasteiger partial charge in [0, 0.05) is 35.9 Å². The minimum Gasteiger partial charge on any atom is -0.360 e. The van der Waals surface area contributed by atoms with Gasteiger partial charge < -0.3 is 5.32 Å². The molecule has 9 heteroatoms. The lowest BCUT2D eigenvalue weighted by atomic mass is 10.2. The molecular weight excluding hydrogens is 399 g/mol. The Labute approximate surface area is 167 Å². The van der Waals surface area contributed by atoms with Crippen LogP contribution < -0.4 is 10.0 Å². The summed E-state index contributed by atoms with van der Waals surface area (Å²) in [5.41, 5.74) is 1.80. The maximum atomic E-state index is 13.4. The van der Waals surface area contributed by atoms with Gasteiger partial charge in [0.25, 0.3) is 0 Å². The SMILES string of the molecule is CCCC(CNc1nc(-c2ccncc2)cs1)NS(=O)(=O)c1cccc(F)c1. The van der Waals surface area contributed by atoms with Gasteiger partial charge in [0.05, 0.1) is 10.6 Å². The Kier molecular flexibility index (Phi) is 6.71. The molecule has 1 aromatic carbocycles. The molecule has 1 atom stereocenters. The van der Waals surface area contributed by atoms with Crippen molar-refractivity contribution in [1.29, 1.82) is 0 Å². The Morgan fingerprint density at radius 2 is 2.00 bits per heavy atom. The highest BCUT2D eigenvalue weighted by molar-refractivity contribution is 7.89. The monoisotopic (exact) mass is 420 g/mol. The summed E-state index contributed by atoms with van der Waals surface area (Å²) in [4.78, 5) is 8.44. The molecule has 2 N–H and O–H groups in total. The summed E-state index contributed by atoms with van der Waals surface area (Å²) in [7, 11) is -3.80. The number of aromatic nitrogens is 2. The molecule has 2 aromatic heterocycles. The first-order chi connectivity index (χ1) is 13.5. The molecule has 0 aliphatic rings. The van der Waals surface area contributed by atoms with Gasteiger partial charge in [-0.15, -0.1) is 11.3 Å². The highest BCUT2D eigenvalue weighted by Gasteiger charge is 2.20. The number of thiazole rings is 1. The molecule has 1 unspecified atom stereocenters. The fourth-order valence-corrected chi connectivity index (χ4v) is 4.72. The second kappa shape index (κ2) is 9.22. The molecule has 3 aromatic rings. The smallest absolute Gasteiger partial charge is 0.240 e. The second-order valence-corrected chi connectivity index (χ2v) is 8.79. The Balaban J connectivity index is 1.66. The molecule has 0 saturated carbocycles. The number of sulfonamides is 1. The van der Waals surface area contributed by atoms with Gasteiger partial charge in [-0.1, -0.05) is 19.4 Å². The van der Waals surface area contributed by atoms with Crippen LogP contribution >= 0.6 is 11.3 Å². The van der Waals surface area contributed by atoms with Crippen molar-refractivity contribution in [2.45, 2.75) is 30.7 Å². The van der Waals surface area contributed by atoms with E-state index in [0.29, 0.717) is 18.1 Å². The van der Waals surface area contributed by atoms with Gasteiger partial charge >= 0.3 is 0 Å². The first-order valence-corrected chi connectivity index (χ1v) is 11.2.